The van der Waals surface area contributed by atoms with E-state index in [2.05, 4.69) is 10.3 Å². The lowest BCUT2D eigenvalue weighted by Crippen LogP contribution is -2.35. The molecule has 6 nitrogen and oxygen atoms in total. The molecular formula is C33H30ClF2N3O3S. The van der Waals surface area contributed by atoms with Crippen molar-refractivity contribution >= 4 is 44.1 Å². The number of aromatic amines is 1. The fourth-order valence-corrected chi connectivity index (χ4v) is 6.99. The lowest BCUT2D eigenvalue weighted by atomic mass is 9.97. The predicted molar refractivity (Wildman–Crippen MR) is 166 cm³/mol. The molecule has 0 radical (unpaired) electrons. The second kappa shape index (κ2) is 13.0. The Morgan fingerprint density at radius 3 is 2.44 bits per heavy atom. The predicted octanol–water partition coefficient (Wildman–Crippen LogP) is 7.35. The van der Waals surface area contributed by atoms with Crippen LogP contribution in [0.15, 0.2) is 102 Å². The number of benzene rings is 4. The molecule has 2 N–H and O–H groups in total. The average molecular weight is 622 g/mol. The van der Waals surface area contributed by atoms with Crippen LogP contribution < -0.4 is 9.62 Å². The molecule has 1 aromatic heterocycles. The smallest absolute Gasteiger partial charge is 0.264 e. The van der Waals surface area contributed by atoms with E-state index in [4.69, 9.17) is 11.6 Å². The summed E-state index contributed by atoms with van der Waals surface area (Å²) in [6.45, 7) is 2.07. The zero-order valence-electron chi connectivity index (χ0n) is 23.4. The molecule has 1 atom stereocenters. The molecule has 0 unspecified atom stereocenters. The summed E-state index contributed by atoms with van der Waals surface area (Å²) in [5.74, 6) is -1.82. The molecule has 5 rings (SSSR count). The second-order valence-corrected chi connectivity index (χ2v) is 12.4. The maximum absolute atomic E-state index is 15.1. The molecule has 5 aromatic rings. The Morgan fingerprint density at radius 2 is 1.65 bits per heavy atom. The third-order valence-electron chi connectivity index (χ3n) is 7.39. The highest BCUT2D eigenvalue weighted by molar-refractivity contribution is 7.92. The third kappa shape index (κ3) is 6.73. The van der Waals surface area contributed by atoms with Crippen LogP contribution in [0.25, 0.3) is 10.9 Å². The van der Waals surface area contributed by atoms with Crippen molar-refractivity contribution in [3.63, 3.8) is 0 Å². The molecule has 222 valence electrons. The van der Waals surface area contributed by atoms with Gasteiger partial charge < -0.3 is 10.3 Å². The minimum atomic E-state index is -4.37. The first kappa shape index (κ1) is 30.3. The van der Waals surface area contributed by atoms with Crippen LogP contribution in [0.5, 0.6) is 0 Å². The van der Waals surface area contributed by atoms with Crippen LogP contribution in [-0.4, -0.2) is 25.9 Å². The molecule has 0 saturated carbocycles. The van der Waals surface area contributed by atoms with E-state index >= 15 is 4.39 Å². The number of para-hydroxylation sites is 1. The van der Waals surface area contributed by atoms with Gasteiger partial charge in [0, 0.05) is 41.2 Å². The second-order valence-electron chi connectivity index (χ2n) is 10.2. The van der Waals surface area contributed by atoms with Crippen LogP contribution in [0, 0.1) is 11.6 Å². The summed E-state index contributed by atoms with van der Waals surface area (Å²) >= 11 is 5.97. The SMILES string of the molecule is C[C@H](c1ccccc1CCC(=O)NCCc1c[nH]c2ccccc12)N(c1cc(F)ccc1F)S(=O)(=O)c1ccc(Cl)cc1. The molecule has 0 bridgehead atoms. The molecule has 4 aromatic carbocycles. The number of amides is 1. The van der Waals surface area contributed by atoms with Gasteiger partial charge in [-0.3, -0.25) is 9.10 Å². The highest BCUT2D eigenvalue weighted by Gasteiger charge is 2.33. The van der Waals surface area contributed by atoms with Gasteiger partial charge in [0.25, 0.3) is 10.0 Å². The van der Waals surface area contributed by atoms with Crippen molar-refractivity contribution in [2.45, 2.75) is 37.1 Å². The number of fused-ring (bicyclic) bond motifs is 1. The number of carbonyl (C=O) groups is 1. The first-order chi connectivity index (χ1) is 20.6. The van der Waals surface area contributed by atoms with Gasteiger partial charge in [-0.05, 0) is 78.9 Å². The fraction of sp³-hybridized carbons (Fsp3) is 0.182. The lowest BCUT2D eigenvalue weighted by Gasteiger charge is -2.32. The Labute approximate surface area is 254 Å². The van der Waals surface area contributed by atoms with E-state index < -0.39 is 33.4 Å². The van der Waals surface area contributed by atoms with Crippen molar-refractivity contribution in [1.82, 2.24) is 10.3 Å². The zero-order chi connectivity index (χ0) is 30.6. The summed E-state index contributed by atoms with van der Waals surface area (Å²) in [5, 5.41) is 4.41. The van der Waals surface area contributed by atoms with E-state index in [9.17, 15) is 17.6 Å². The monoisotopic (exact) mass is 621 g/mol. The van der Waals surface area contributed by atoms with Gasteiger partial charge in [0.15, 0.2) is 0 Å². The van der Waals surface area contributed by atoms with Gasteiger partial charge in [0.2, 0.25) is 5.91 Å². The molecule has 1 amide bonds. The van der Waals surface area contributed by atoms with Crippen molar-refractivity contribution in [1.29, 1.82) is 0 Å². The summed E-state index contributed by atoms with van der Waals surface area (Å²) in [6, 6.07) is 22.3. The standard InChI is InChI=1S/C33H30ClF2N3O3S/c1-22(39(32-20-26(35)13-16-30(32)36)43(41,42)27-14-11-25(34)12-15-27)28-7-3-2-6-23(28)10-17-33(40)37-19-18-24-21-38-31-9-5-4-8-29(24)31/h2-9,11-16,20-22,38H,10,17-19H2,1H3,(H,37,40)/t22-/m1/s1. The Hall–Kier alpha value is -4.21. The average Bonchev–Trinajstić information content (AvgIpc) is 3.41. The maximum Gasteiger partial charge on any atom is 0.264 e. The first-order valence-corrected chi connectivity index (χ1v) is 15.6. The van der Waals surface area contributed by atoms with Crippen LogP contribution in [0.2, 0.25) is 5.02 Å². The van der Waals surface area contributed by atoms with E-state index in [0.717, 1.165) is 44.5 Å². The number of aryl methyl sites for hydroxylation is 1. The molecule has 10 heteroatoms. The van der Waals surface area contributed by atoms with Gasteiger partial charge in [-0.25, -0.2) is 17.2 Å². The van der Waals surface area contributed by atoms with Crippen molar-refractivity contribution in [2.24, 2.45) is 0 Å². The normalized spacial score (nSPS) is 12.3. The number of sulfonamides is 1. The highest BCUT2D eigenvalue weighted by atomic mass is 35.5. The summed E-state index contributed by atoms with van der Waals surface area (Å²) in [7, 11) is -4.37. The topological polar surface area (TPSA) is 82.3 Å². The van der Waals surface area contributed by atoms with Crippen LogP contribution in [0.3, 0.4) is 0 Å². The molecule has 0 saturated heterocycles. The highest BCUT2D eigenvalue weighted by Crippen LogP contribution is 2.37. The summed E-state index contributed by atoms with van der Waals surface area (Å²) in [5.41, 5.74) is 3.01. The van der Waals surface area contributed by atoms with Gasteiger partial charge in [0.1, 0.15) is 11.6 Å². The van der Waals surface area contributed by atoms with E-state index in [0.29, 0.717) is 30.0 Å². The van der Waals surface area contributed by atoms with Crippen LogP contribution in [-0.2, 0) is 27.7 Å². The molecule has 43 heavy (non-hydrogen) atoms. The molecule has 1 heterocycles. The number of hydrogen-bond acceptors (Lipinski definition) is 3. The summed E-state index contributed by atoms with van der Waals surface area (Å²) in [6.07, 6.45) is 3.09. The molecule has 0 aliphatic carbocycles. The van der Waals surface area contributed by atoms with E-state index in [1.54, 1.807) is 31.2 Å². The van der Waals surface area contributed by atoms with Crippen molar-refractivity contribution < 1.29 is 22.0 Å². The van der Waals surface area contributed by atoms with E-state index in [1.165, 1.54) is 24.3 Å². The number of nitrogens with one attached hydrogen (secondary N) is 2. The Balaban J connectivity index is 1.35. The lowest BCUT2D eigenvalue weighted by molar-refractivity contribution is -0.121. The Kier molecular flexibility index (Phi) is 9.13. The molecular weight excluding hydrogens is 592 g/mol. The van der Waals surface area contributed by atoms with Gasteiger partial charge >= 0.3 is 0 Å². The van der Waals surface area contributed by atoms with Gasteiger partial charge in [0.05, 0.1) is 16.6 Å². The number of hydrogen-bond donors (Lipinski definition) is 2. The molecule has 0 aliphatic heterocycles. The number of H-pyrrole nitrogens is 1. The zero-order valence-corrected chi connectivity index (χ0v) is 24.9. The Morgan fingerprint density at radius 1 is 0.930 bits per heavy atom. The van der Waals surface area contributed by atoms with Crippen LogP contribution in [0.1, 0.15) is 36.1 Å². The van der Waals surface area contributed by atoms with Gasteiger partial charge in [-0.2, -0.15) is 0 Å². The number of anilines is 1. The van der Waals surface area contributed by atoms with E-state index in [-0.39, 0.29) is 17.2 Å². The quantitative estimate of drug-likeness (QED) is 0.162. The van der Waals surface area contributed by atoms with Gasteiger partial charge in [-0.15, -0.1) is 0 Å². The number of carbonyl (C=O) groups excluding carboxylic acids is 1. The number of aromatic nitrogens is 1. The van der Waals surface area contributed by atoms with Crippen LogP contribution >= 0.6 is 11.6 Å². The number of nitrogens with zero attached hydrogens (tertiary/aromatic N) is 1. The molecule has 0 aliphatic rings. The Bertz CT molecular complexity index is 1860. The fourth-order valence-electron chi connectivity index (χ4n) is 5.23. The van der Waals surface area contributed by atoms with Crippen LogP contribution in [0.4, 0.5) is 14.5 Å². The molecule has 0 spiro atoms. The van der Waals surface area contributed by atoms with Crippen molar-refractivity contribution in [3.05, 3.63) is 131 Å². The number of rotatable bonds is 11. The van der Waals surface area contributed by atoms with Crippen molar-refractivity contribution in [3.8, 4) is 0 Å². The third-order valence-corrected chi connectivity index (χ3v) is 9.54. The van der Waals surface area contributed by atoms with E-state index in [1.807, 2.05) is 30.5 Å². The largest absolute Gasteiger partial charge is 0.361 e. The minimum absolute atomic E-state index is 0.125. The first-order valence-electron chi connectivity index (χ1n) is 13.8. The summed E-state index contributed by atoms with van der Waals surface area (Å²) < 4.78 is 58.2. The maximum atomic E-state index is 15.1. The molecule has 0 fully saturated rings. The minimum Gasteiger partial charge on any atom is -0.361 e. The van der Waals surface area contributed by atoms with Crippen molar-refractivity contribution in [2.75, 3.05) is 10.8 Å². The van der Waals surface area contributed by atoms with Gasteiger partial charge in [-0.1, -0.05) is 54.1 Å². The number of halogens is 3. The summed E-state index contributed by atoms with van der Waals surface area (Å²) in [4.78, 5) is 15.9.